The molecule has 248 valence electrons. The largest absolute Gasteiger partial charge is 0.489 e. The molecule has 1 aromatic carbocycles. The van der Waals surface area contributed by atoms with Gasteiger partial charge in [0.25, 0.3) is 5.92 Å². The van der Waals surface area contributed by atoms with Crippen LogP contribution in [0, 0.1) is 6.92 Å². The maximum Gasteiger partial charge on any atom is 0.418 e. The predicted molar refractivity (Wildman–Crippen MR) is 166 cm³/mol. The number of aromatic nitrogens is 4. The van der Waals surface area contributed by atoms with Crippen LogP contribution in [0.4, 0.5) is 39.4 Å². The van der Waals surface area contributed by atoms with Crippen LogP contribution in [0.3, 0.4) is 0 Å². The second-order valence-corrected chi connectivity index (χ2v) is 12.6. The number of nitrogens with two attached hydrogens (primary N) is 2. The van der Waals surface area contributed by atoms with E-state index in [9.17, 15) is 22.0 Å². The summed E-state index contributed by atoms with van der Waals surface area (Å²) >= 11 is 6.85. The molecule has 0 amide bonds. The van der Waals surface area contributed by atoms with Crippen LogP contribution < -0.4 is 25.8 Å². The fourth-order valence-corrected chi connectivity index (χ4v) is 7.32. The average Bonchev–Trinajstić information content (AvgIpc) is 3.40. The number of pyridine rings is 2. The first-order valence-corrected chi connectivity index (χ1v) is 15.3. The molecule has 2 saturated heterocycles. The van der Waals surface area contributed by atoms with Crippen molar-refractivity contribution in [1.82, 2.24) is 24.8 Å². The molecule has 0 spiro atoms. The third kappa shape index (κ3) is 5.58. The van der Waals surface area contributed by atoms with E-state index in [1.807, 2.05) is 4.90 Å². The summed E-state index contributed by atoms with van der Waals surface area (Å²) in [5.74, 6) is -2.30. The molecule has 4 aromatic rings. The first-order chi connectivity index (χ1) is 22.2. The molecule has 3 aromatic heterocycles. The summed E-state index contributed by atoms with van der Waals surface area (Å²) in [7, 11) is 0. The van der Waals surface area contributed by atoms with Gasteiger partial charge >= 0.3 is 12.2 Å². The van der Waals surface area contributed by atoms with Crippen molar-refractivity contribution in [3.63, 3.8) is 0 Å². The van der Waals surface area contributed by atoms with Crippen LogP contribution in [-0.2, 0) is 12.7 Å². The van der Waals surface area contributed by atoms with Crippen molar-refractivity contribution in [1.29, 1.82) is 0 Å². The SMILES string of the molecule is Cc1cc(N)nc(-c2cc3nc(OC[C@]45CCCN4CC(F)(F)C5)nc4c3c(c2Cl)OCCN4Cc2cccnc2N)c1C(F)(F)F. The Morgan fingerprint density at radius 2 is 1.94 bits per heavy atom. The van der Waals surface area contributed by atoms with Crippen LogP contribution in [-0.4, -0.2) is 69.1 Å². The Kier molecular flexibility index (Phi) is 7.46. The van der Waals surface area contributed by atoms with E-state index >= 15 is 0 Å². The van der Waals surface area contributed by atoms with Gasteiger partial charge < -0.3 is 25.8 Å². The van der Waals surface area contributed by atoms with Gasteiger partial charge in [-0.05, 0) is 50.1 Å². The lowest BCUT2D eigenvalue weighted by atomic mass is 9.94. The lowest BCUT2D eigenvalue weighted by Gasteiger charge is -2.30. The highest BCUT2D eigenvalue weighted by atomic mass is 35.5. The summed E-state index contributed by atoms with van der Waals surface area (Å²) in [5.41, 5.74) is 10.3. The van der Waals surface area contributed by atoms with Gasteiger partial charge in [-0.2, -0.15) is 23.1 Å². The quantitative estimate of drug-likeness (QED) is 0.239. The number of nitrogens with zero attached hydrogens (tertiary/aromatic N) is 6. The molecular formula is C31H30ClF5N8O2. The number of benzene rings is 1. The highest BCUT2D eigenvalue weighted by Gasteiger charge is 2.57. The lowest BCUT2D eigenvalue weighted by Crippen LogP contribution is -2.43. The monoisotopic (exact) mass is 676 g/mol. The summed E-state index contributed by atoms with van der Waals surface area (Å²) in [6.45, 7) is 1.96. The Morgan fingerprint density at radius 3 is 2.70 bits per heavy atom. The Morgan fingerprint density at radius 1 is 1.13 bits per heavy atom. The maximum atomic E-state index is 14.5. The van der Waals surface area contributed by atoms with Crippen LogP contribution in [0.25, 0.3) is 22.2 Å². The minimum atomic E-state index is -4.78. The van der Waals surface area contributed by atoms with Crippen LogP contribution in [0.5, 0.6) is 11.8 Å². The summed E-state index contributed by atoms with van der Waals surface area (Å²) in [6, 6.07) is 5.91. The van der Waals surface area contributed by atoms with Gasteiger partial charge in [0, 0.05) is 30.3 Å². The number of nitrogen functional groups attached to an aromatic ring is 2. The topological polar surface area (TPSA) is 129 Å². The van der Waals surface area contributed by atoms with Crippen molar-refractivity contribution in [2.24, 2.45) is 0 Å². The Labute approximate surface area is 270 Å². The van der Waals surface area contributed by atoms with Crippen LogP contribution in [0.15, 0.2) is 30.5 Å². The van der Waals surface area contributed by atoms with Crippen molar-refractivity contribution in [2.45, 2.75) is 50.4 Å². The number of alkyl halides is 5. The number of hydrogen-bond acceptors (Lipinski definition) is 10. The molecule has 7 rings (SSSR count). The van der Waals surface area contributed by atoms with Gasteiger partial charge in [0.15, 0.2) is 5.75 Å². The van der Waals surface area contributed by atoms with Crippen molar-refractivity contribution in [3.8, 4) is 23.0 Å². The fraction of sp³-hybridized carbons (Fsp3) is 0.419. The second-order valence-electron chi connectivity index (χ2n) is 12.3. The maximum absolute atomic E-state index is 14.5. The molecule has 1 atom stereocenters. The molecule has 0 radical (unpaired) electrons. The van der Waals surface area contributed by atoms with Gasteiger partial charge in [-0.3, -0.25) is 4.90 Å². The van der Waals surface area contributed by atoms with Gasteiger partial charge in [0.1, 0.15) is 30.7 Å². The van der Waals surface area contributed by atoms with Gasteiger partial charge in [-0.15, -0.1) is 0 Å². The molecule has 0 unspecified atom stereocenters. The number of halogens is 6. The summed E-state index contributed by atoms with van der Waals surface area (Å²) < 4.78 is 84.3. The molecule has 10 nitrogen and oxygen atoms in total. The minimum Gasteiger partial charge on any atom is -0.489 e. The molecule has 0 aliphatic carbocycles. The van der Waals surface area contributed by atoms with Crippen LogP contribution in [0.2, 0.25) is 5.02 Å². The first kappa shape index (κ1) is 31.4. The zero-order valence-corrected chi connectivity index (χ0v) is 25.9. The van der Waals surface area contributed by atoms with E-state index in [1.165, 1.54) is 13.0 Å². The summed E-state index contributed by atoms with van der Waals surface area (Å²) in [4.78, 5) is 21.1. The minimum absolute atomic E-state index is 0.0633. The lowest BCUT2D eigenvalue weighted by molar-refractivity contribution is -0.137. The summed E-state index contributed by atoms with van der Waals surface area (Å²) in [5, 5.41) is 0.198. The third-order valence-corrected chi connectivity index (χ3v) is 9.41. The molecule has 4 N–H and O–H groups in total. The van der Waals surface area contributed by atoms with Gasteiger partial charge in [0.2, 0.25) is 0 Å². The van der Waals surface area contributed by atoms with Gasteiger partial charge in [0.05, 0.1) is 45.8 Å². The molecule has 3 aliphatic heterocycles. The van der Waals surface area contributed by atoms with Crippen molar-refractivity contribution in [2.75, 3.05) is 49.2 Å². The van der Waals surface area contributed by atoms with E-state index in [1.54, 1.807) is 23.2 Å². The Balaban J connectivity index is 1.40. The fourth-order valence-electron chi connectivity index (χ4n) is 7.03. The molecular weight excluding hydrogens is 647 g/mol. The molecule has 6 heterocycles. The smallest absolute Gasteiger partial charge is 0.418 e. The zero-order chi connectivity index (χ0) is 33.3. The van der Waals surface area contributed by atoms with Crippen LogP contribution >= 0.6 is 11.6 Å². The standard InChI is InChI=1S/C31H30ClF5N8O2/c1-16-10-20(38)42-24(22(16)31(35,36)37)18-11-19-21-25(23(18)32)46-9-8-44(12-17-4-2-6-40-26(17)39)27(21)43-28(41-19)47-15-29-5-3-7-45(29)14-30(33,34)13-29/h2,4,6,10-11H,3,5,7-9,12-15H2,1H3,(H2,38,42)(H2,39,40)/t29-/m1/s1. The van der Waals surface area contributed by atoms with Gasteiger partial charge in [-0.1, -0.05) is 17.7 Å². The Bertz CT molecular complexity index is 1890. The number of fused-ring (bicyclic) bond motifs is 1. The average molecular weight is 677 g/mol. The van der Waals surface area contributed by atoms with Crippen LogP contribution in [0.1, 0.15) is 36.0 Å². The molecule has 16 heteroatoms. The van der Waals surface area contributed by atoms with Crippen molar-refractivity contribution >= 4 is 40.0 Å². The second kappa shape index (κ2) is 11.2. The van der Waals surface area contributed by atoms with Crippen molar-refractivity contribution in [3.05, 3.63) is 52.2 Å². The molecule has 0 saturated carbocycles. The third-order valence-electron chi connectivity index (χ3n) is 9.03. The number of ether oxygens (including phenoxy) is 2. The summed E-state index contributed by atoms with van der Waals surface area (Å²) in [6.07, 6.45) is -2.30. The van der Waals surface area contributed by atoms with E-state index in [0.29, 0.717) is 35.6 Å². The predicted octanol–water partition coefficient (Wildman–Crippen LogP) is 5.88. The van der Waals surface area contributed by atoms with Crippen molar-refractivity contribution < 1.29 is 31.4 Å². The van der Waals surface area contributed by atoms with E-state index < -0.39 is 28.9 Å². The normalized spacial score (nSPS) is 20.7. The zero-order valence-electron chi connectivity index (χ0n) is 25.2. The Hall–Kier alpha value is -4.24. The molecule has 47 heavy (non-hydrogen) atoms. The van der Waals surface area contributed by atoms with E-state index in [-0.39, 0.29) is 78.5 Å². The first-order valence-electron chi connectivity index (χ1n) is 15.0. The number of rotatable bonds is 6. The van der Waals surface area contributed by atoms with Gasteiger partial charge in [-0.25, -0.2) is 18.7 Å². The molecule has 2 fully saturated rings. The molecule has 0 bridgehead atoms. The van der Waals surface area contributed by atoms with E-state index in [0.717, 1.165) is 12.5 Å². The molecule has 3 aliphatic rings. The number of aryl methyl sites for hydroxylation is 1. The number of anilines is 3. The van der Waals surface area contributed by atoms with E-state index in [2.05, 4.69) is 15.0 Å². The van der Waals surface area contributed by atoms with E-state index in [4.69, 9.17) is 37.5 Å². The number of hydrogen-bond donors (Lipinski definition) is 2. The highest BCUT2D eigenvalue weighted by molar-refractivity contribution is 6.36. The highest BCUT2D eigenvalue weighted by Crippen LogP contribution is 2.49.